The molecular formula is C15H18F2N2O4. The van der Waals surface area contributed by atoms with Gasteiger partial charge in [0, 0.05) is 13.0 Å². The van der Waals surface area contributed by atoms with E-state index in [-0.39, 0.29) is 6.42 Å². The number of carbonyl (C=O) groups is 3. The minimum Gasteiger partial charge on any atom is -0.457 e. The predicted molar refractivity (Wildman–Crippen MR) is 77.7 cm³/mol. The number of halogens is 2. The number of Topliss-reactive ketones (excluding diaryl/α,β-unsaturated/α-hetero) is 1. The smallest absolute Gasteiger partial charge is 0.312 e. The van der Waals surface area contributed by atoms with E-state index < -0.39 is 41.6 Å². The molecule has 8 heteroatoms. The SMILES string of the molecule is NC(=O)NCCCCCC(=O)OCC(=O)c1cc(F)ccc1F. The summed E-state index contributed by atoms with van der Waals surface area (Å²) in [6.07, 6.45) is 1.93. The second-order valence-corrected chi connectivity index (χ2v) is 4.81. The van der Waals surface area contributed by atoms with Crippen LogP contribution in [0.4, 0.5) is 13.6 Å². The molecule has 0 bridgehead atoms. The van der Waals surface area contributed by atoms with Crippen molar-refractivity contribution >= 4 is 17.8 Å². The second-order valence-electron chi connectivity index (χ2n) is 4.81. The average Bonchev–Trinajstić information content (AvgIpc) is 2.50. The normalized spacial score (nSPS) is 10.2. The summed E-state index contributed by atoms with van der Waals surface area (Å²) in [5.74, 6) is -3.01. The van der Waals surface area contributed by atoms with Crippen LogP contribution in [0.2, 0.25) is 0 Å². The number of rotatable bonds is 9. The number of amides is 2. The number of primary amides is 1. The van der Waals surface area contributed by atoms with E-state index in [0.717, 1.165) is 18.2 Å². The fourth-order valence-electron chi connectivity index (χ4n) is 1.79. The van der Waals surface area contributed by atoms with E-state index in [1.165, 1.54) is 0 Å². The molecule has 3 N–H and O–H groups in total. The molecule has 0 aliphatic carbocycles. The van der Waals surface area contributed by atoms with Crippen molar-refractivity contribution in [3.63, 3.8) is 0 Å². The number of nitrogens with two attached hydrogens (primary N) is 1. The van der Waals surface area contributed by atoms with Gasteiger partial charge in [0.2, 0.25) is 5.78 Å². The first kappa shape index (κ1) is 18.5. The van der Waals surface area contributed by atoms with Crippen LogP contribution in [-0.4, -0.2) is 30.9 Å². The molecule has 0 fully saturated rings. The minimum absolute atomic E-state index is 0.0927. The molecule has 1 aromatic rings. The van der Waals surface area contributed by atoms with Gasteiger partial charge in [-0.3, -0.25) is 9.59 Å². The van der Waals surface area contributed by atoms with Crippen LogP contribution < -0.4 is 11.1 Å². The quantitative estimate of drug-likeness (QED) is 0.411. The van der Waals surface area contributed by atoms with E-state index in [4.69, 9.17) is 10.5 Å². The maximum absolute atomic E-state index is 13.4. The Hall–Kier alpha value is -2.51. The molecule has 126 valence electrons. The third-order valence-corrected chi connectivity index (χ3v) is 2.95. The molecule has 0 aliphatic rings. The summed E-state index contributed by atoms with van der Waals surface area (Å²) < 4.78 is 31.0. The Morgan fingerprint density at radius 3 is 2.57 bits per heavy atom. The van der Waals surface area contributed by atoms with Gasteiger partial charge < -0.3 is 15.8 Å². The number of hydrogen-bond donors (Lipinski definition) is 2. The first-order valence-electron chi connectivity index (χ1n) is 7.07. The van der Waals surface area contributed by atoms with E-state index in [0.29, 0.717) is 25.8 Å². The highest BCUT2D eigenvalue weighted by Gasteiger charge is 2.15. The van der Waals surface area contributed by atoms with E-state index >= 15 is 0 Å². The van der Waals surface area contributed by atoms with Crippen molar-refractivity contribution in [3.8, 4) is 0 Å². The fourth-order valence-corrected chi connectivity index (χ4v) is 1.79. The zero-order chi connectivity index (χ0) is 17.2. The highest BCUT2D eigenvalue weighted by Crippen LogP contribution is 2.11. The summed E-state index contributed by atoms with van der Waals surface area (Å²) >= 11 is 0. The average molecular weight is 328 g/mol. The molecule has 0 heterocycles. The van der Waals surface area contributed by atoms with Crippen molar-refractivity contribution in [1.82, 2.24) is 5.32 Å². The van der Waals surface area contributed by atoms with Crippen molar-refractivity contribution in [1.29, 1.82) is 0 Å². The monoisotopic (exact) mass is 328 g/mol. The molecule has 6 nitrogen and oxygen atoms in total. The molecule has 0 aromatic heterocycles. The zero-order valence-corrected chi connectivity index (χ0v) is 12.4. The van der Waals surface area contributed by atoms with Crippen LogP contribution in [0.25, 0.3) is 0 Å². The van der Waals surface area contributed by atoms with Gasteiger partial charge in [-0.15, -0.1) is 0 Å². The van der Waals surface area contributed by atoms with Gasteiger partial charge in [-0.05, 0) is 31.0 Å². The Kier molecular flexibility index (Phi) is 7.65. The first-order chi connectivity index (χ1) is 10.9. The number of ketones is 1. The lowest BCUT2D eigenvalue weighted by molar-refractivity contribution is -0.142. The number of nitrogens with one attached hydrogen (secondary N) is 1. The molecule has 0 saturated heterocycles. The Bertz CT molecular complexity index is 579. The van der Waals surface area contributed by atoms with Crippen LogP contribution in [0, 0.1) is 11.6 Å². The molecule has 1 rings (SSSR count). The maximum Gasteiger partial charge on any atom is 0.312 e. The lowest BCUT2D eigenvalue weighted by atomic mass is 10.1. The van der Waals surface area contributed by atoms with Crippen molar-refractivity contribution in [2.24, 2.45) is 5.73 Å². The standard InChI is InChI=1S/C15H18F2N2O4/c16-10-5-6-12(17)11(8-10)13(20)9-23-14(21)4-2-1-3-7-19-15(18)22/h5-6,8H,1-4,7,9H2,(H3,18,19,22). The predicted octanol–water partition coefficient (Wildman–Crippen LogP) is 1.92. The molecular weight excluding hydrogens is 310 g/mol. The lowest BCUT2D eigenvalue weighted by Gasteiger charge is -2.06. The van der Waals surface area contributed by atoms with Crippen LogP contribution in [0.3, 0.4) is 0 Å². The molecule has 0 atom stereocenters. The summed E-state index contributed by atoms with van der Waals surface area (Å²) in [6.45, 7) is -0.218. The van der Waals surface area contributed by atoms with Crippen molar-refractivity contribution < 1.29 is 27.9 Å². The van der Waals surface area contributed by atoms with Crippen molar-refractivity contribution in [2.75, 3.05) is 13.2 Å². The topological polar surface area (TPSA) is 98.5 Å². The molecule has 0 unspecified atom stereocenters. The summed E-state index contributed by atoms with van der Waals surface area (Å²) in [7, 11) is 0. The highest BCUT2D eigenvalue weighted by atomic mass is 19.1. The Morgan fingerprint density at radius 2 is 1.87 bits per heavy atom. The molecule has 0 aliphatic heterocycles. The van der Waals surface area contributed by atoms with Gasteiger partial charge in [-0.2, -0.15) is 0 Å². The van der Waals surface area contributed by atoms with Crippen LogP contribution in [-0.2, 0) is 9.53 Å². The molecule has 1 aromatic carbocycles. The van der Waals surface area contributed by atoms with Crippen LogP contribution in [0.5, 0.6) is 0 Å². The van der Waals surface area contributed by atoms with Crippen LogP contribution in [0.15, 0.2) is 18.2 Å². The van der Waals surface area contributed by atoms with Crippen LogP contribution >= 0.6 is 0 Å². The number of urea groups is 1. The minimum atomic E-state index is -0.866. The molecule has 0 saturated carbocycles. The highest BCUT2D eigenvalue weighted by molar-refractivity contribution is 5.98. The summed E-state index contributed by atoms with van der Waals surface area (Å²) in [6, 6.07) is 1.89. The van der Waals surface area contributed by atoms with Gasteiger partial charge in [0.15, 0.2) is 6.61 Å². The maximum atomic E-state index is 13.4. The van der Waals surface area contributed by atoms with E-state index in [9.17, 15) is 23.2 Å². The zero-order valence-electron chi connectivity index (χ0n) is 12.4. The van der Waals surface area contributed by atoms with E-state index in [1.54, 1.807) is 0 Å². The largest absolute Gasteiger partial charge is 0.457 e. The lowest BCUT2D eigenvalue weighted by Crippen LogP contribution is -2.29. The third kappa shape index (κ3) is 7.35. The number of carbonyl (C=O) groups excluding carboxylic acids is 3. The van der Waals surface area contributed by atoms with Crippen molar-refractivity contribution in [2.45, 2.75) is 25.7 Å². The van der Waals surface area contributed by atoms with Gasteiger partial charge in [-0.25, -0.2) is 13.6 Å². The first-order valence-corrected chi connectivity index (χ1v) is 7.07. The summed E-state index contributed by atoms with van der Waals surface area (Å²) in [5, 5.41) is 2.41. The number of benzene rings is 1. The number of esters is 1. The fraction of sp³-hybridized carbons (Fsp3) is 0.400. The number of ether oxygens (including phenoxy) is 1. The Morgan fingerprint density at radius 1 is 1.13 bits per heavy atom. The van der Waals surface area contributed by atoms with Gasteiger partial charge in [0.05, 0.1) is 5.56 Å². The summed E-state index contributed by atoms with van der Waals surface area (Å²) in [4.78, 5) is 33.5. The Labute approximate surface area is 132 Å². The second kappa shape index (κ2) is 9.50. The molecule has 23 heavy (non-hydrogen) atoms. The van der Waals surface area contributed by atoms with Gasteiger partial charge in [0.1, 0.15) is 11.6 Å². The molecule has 2 amide bonds. The third-order valence-electron chi connectivity index (χ3n) is 2.95. The van der Waals surface area contributed by atoms with Gasteiger partial charge in [0.25, 0.3) is 0 Å². The summed E-state index contributed by atoms with van der Waals surface area (Å²) in [5.41, 5.74) is 4.44. The van der Waals surface area contributed by atoms with E-state index in [1.807, 2.05) is 0 Å². The number of unbranched alkanes of at least 4 members (excludes halogenated alkanes) is 2. The number of hydrogen-bond acceptors (Lipinski definition) is 4. The van der Waals surface area contributed by atoms with Crippen LogP contribution in [0.1, 0.15) is 36.0 Å². The van der Waals surface area contributed by atoms with Crippen molar-refractivity contribution in [3.05, 3.63) is 35.4 Å². The van der Waals surface area contributed by atoms with Gasteiger partial charge in [-0.1, -0.05) is 6.42 Å². The van der Waals surface area contributed by atoms with Gasteiger partial charge >= 0.3 is 12.0 Å². The van der Waals surface area contributed by atoms with E-state index in [2.05, 4.69) is 5.32 Å². The molecule has 0 radical (unpaired) electrons. The molecule has 0 spiro atoms. The Balaban J connectivity index is 2.24.